The van der Waals surface area contributed by atoms with Crippen LogP contribution in [0.4, 0.5) is 0 Å². The molecule has 0 rings (SSSR count). The van der Waals surface area contributed by atoms with Crippen LogP contribution in [0.3, 0.4) is 0 Å². The summed E-state index contributed by atoms with van der Waals surface area (Å²) in [6.45, 7) is 0. The first-order chi connectivity index (χ1) is 0. The van der Waals surface area contributed by atoms with Crippen molar-refractivity contribution in [1.82, 2.24) is 0 Å². The van der Waals surface area contributed by atoms with Crippen LogP contribution in [0.25, 0.3) is 0 Å². The predicted molar refractivity (Wildman–Crippen MR) is 10.8 cm³/mol. The van der Waals surface area contributed by atoms with Crippen molar-refractivity contribution >= 4 is 0 Å². The summed E-state index contributed by atoms with van der Waals surface area (Å²) < 4.78 is 0. The number of hydrogen-bond donors (Lipinski definition) is 0. The average Bonchev–Trinajstić information content (AvgIpc) is 0. The van der Waals surface area contributed by atoms with Gasteiger partial charge in [0, 0.05) is 39.0 Å². The van der Waals surface area contributed by atoms with Gasteiger partial charge in [0.05, 0.1) is 0 Å². The average molecular weight is 185 g/mol. The fourth-order valence-electron chi connectivity index (χ4n) is 0. The van der Waals surface area contributed by atoms with Gasteiger partial charge in [-0.2, -0.15) is 0 Å². The molecule has 0 aromatic heterocycles. The molecule has 0 spiro atoms. The Kier molecular flexibility index (Phi) is 1740. The molecule has 0 aliphatic heterocycles. The third-order valence-corrected chi connectivity index (χ3v) is 0. The van der Waals surface area contributed by atoms with Crippen molar-refractivity contribution in [1.29, 1.82) is 0 Å². The Hall–Kier alpha value is 1.13. The summed E-state index contributed by atoms with van der Waals surface area (Å²) in [4.78, 5) is 0. The van der Waals surface area contributed by atoms with E-state index in [4.69, 9.17) is 0 Å². The van der Waals surface area contributed by atoms with Gasteiger partial charge in [-0.3, -0.25) is 0 Å². The fourth-order valence-corrected chi connectivity index (χ4v) is 0. The Balaban J connectivity index is 0. The summed E-state index contributed by atoms with van der Waals surface area (Å²) in [7, 11) is 0. The van der Waals surface area contributed by atoms with E-state index in [2.05, 4.69) is 0 Å². The molecule has 6 N–H and O–H groups in total. The van der Waals surface area contributed by atoms with Gasteiger partial charge in [-0.25, -0.2) is 0 Å². The van der Waals surface area contributed by atoms with Gasteiger partial charge in [0.25, 0.3) is 0 Å². The van der Waals surface area contributed by atoms with E-state index in [1.807, 2.05) is 0 Å². The van der Waals surface area contributed by atoms with Gasteiger partial charge in [-0.15, -0.1) is 0 Å². The Labute approximate surface area is 55.6 Å². The summed E-state index contributed by atoms with van der Waals surface area (Å²) in [5.74, 6) is 0. The van der Waals surface area contributed by atoms with E-state index < -0.39 is 0 Å². The molecule has 0 radical (unpaired) electrons. The van der Waals surface area contributed by atoms with Gasteiger partial charge in [-0.05, 0) is 0 Å². The molecule has 0 bridgehead atoms. The van der Waals surface area contributed by atoms with Crippen LogP contribution in [-0.2, 0) is 39.0 Å². The fraction of sp³-hybridized carbons (Fsp3) is 0. The molecule has 0 saturated heterocycles. The van der Waals surface area contributed by atoms with E-state index in [0.29, 0.717) is 0 Å². The van der Waals surface area contributed by atoms with Crippen LogP contribution < -0.4 is 0 Å². The molecule has 5 heavy (non-hydrogen) atoms. The van der Waals surface area contributed by atoms with Crippen molar-refractivity contribution in [2.24, 2.45) is 0 Å². The molecule has 3 nitrogen and oxygen atoms in total. The Morgan fingerprint density at radius 2 is 0.400 bits per heavy atom. The number of hydrogen-bond acceptors (Lipinski definition) is 0. The molecular weight excluding hydrogens is 179 g/mol. The van der Waals surface area contributed by atoms with Gasteiger partial charge < -0.3 is 16.4 Å². The first kappa shape index (κ1) is 127. The van der Waals surface area contributed by atoms with E-state index in [1.165, 1.54) is 0 Å². The maximum absolute atomic E-state index is 0. The summed E-state index contributed by atoms with van der Waals surface area (Å²) in [6.07, 6.45) is 0. The van der Waals surface area contributed by atoms with Crippen molar-refractivity contribution in [3.8, 4) is 0 Å². The zero-order chi connectivity index (χ0) is 0. The molecule has 0 saturated carbocycles. The first-order valence-corrected chi connectivity index (χ1v) is 0. The molecule has 0 fully saturated rings. The standard InChI is InChI=1S/3H2O.2Zn/h3*1H2;;. The van der Waals surface area contributed by atoms with E-state index in [0.717, 1.165) is 0 Å². The SMILES string of the molecule is O.O.O.[Zn].[Zn]. The monoisotopic (exact) mass is 182 g/mol. The second-order valence-corrected chi connectivity index (χ2v) is 0. The zero-order valence-electron chi connectivity index (χ0n) is 2.91. The van der Waals surface area contributed by atoms with Crippen LogP contribution in [0.2, 0.25) is 0 Å². The molecule has 0 aliphatic carbocycles. The van der Waals surface area contributed by atoms with E-state index in [1.54, 1.807) is 0 Å². The topological polar surface area (TPSA) is 94.5 Å². The second kappa shape index (κ2) is 68.8. The zero-order valence-corrected chi connectivity index (χ0v) is 8.85. The minimum absolute atomic E-state index is 0. The van der Waals surface area contributed by atoms with Crippen LogP contribution in [0, 0.1) is 0 Å². The molecule has 0 amide bonds. The van der Waals surface area contributed by atoms with Crippen molar-refractivity contribution in [2.45, 2.75) is 0 Å². The Bertz CT molecular complexity index is 4.85. The smallest absolute Gasteiger partial charge is 0 e. The predicted octanol–water partition coefficient (Wildman–Crippen LogP) is -2.48. The van der Waals surface area contributed by atoms with Crippen molar-refractivity contribution in [2.75, 3.05) is 0 Å². The van der Waals surface area contributed by atoms with Gasteiger partial charge >= 0.3 is 0 Å². The molecular formula is H6O3Zn2. The van der Waals surface area contributed by atoms with Crippen LogP contribution in [0.15, 0.2) is 0 Å². The van der Waals surface area contributed by atoms with Crippen LogP contribution in [-0.4, -0.2) is 16.4 Å². The summed E-state index contributed by atoms with van der Waals surface area (Å²) >= 11 is 0. The molecule has 0 unspecified atom stereocenters. The minimum atomic E-state index is 0. The normalized spacial score (nSPS) is 0. The van der Waals surface area contributed by atoms with Crippen LogP contribution >= 0.6 is 0 Å². The molecule has 28 valence electrons. The maximum Gasteiger partial charge on any atom is 0 e. The van der Waals surface area contributed by atoms with Crippen molar-refractivity contribution in [3.05, 3.63) is 0 Å². The minimum Gasteiger partial charge on any atom is -0.412 e. The van der Waals surface area contributed by atoms with Gasteiger partial charge in [-0.1, -0.05) is 0 Å². The summed E-state index contributed by atoms with van der Waals surface area (Å²) in [5, 5.41) is 0. The van der Waals surface area contributed by atoms with Gasteiger partial charge in [0.15, 0.2) is 0 Å². The summed E-state index contributed by atoms with van der Waals surface area (Å²) in [5.41, 5.74) is 0. The van der Waals surface area contributed by atoms with Crippen LogP contribution in [0.1, 0.15) is 0 Å². The van der Waals surface area contributed by atoms with Crippen molar-refractivity contribution in [3.63, 3.8) is 0 Å². The van der Waals surface area contributed by atoms with E-state index >= 15 is 0 Å². The third kappa shape index (κ3) is 39.5. The van der Waals surface area contributed by atoms with Crippen LogP contribution in [0.5, 0.6) is 0 Å². The largest absolute Gasteiger partial charge is 0.412 e. The summed E-state index contributed by atoms with van der Waals surface area (Å²) in [6, 6.07) is 0. The molecule has 0 aromatic carbocycles. The maximum atomic E-state index is 0. The number of rotatable bonds is 0. The quantitative estimate of drug-likeness (QED) is 0.373. The Morgan fingerprint density at radius 1 is 0.400 bits per heavy atom. The van der Waals surface area contributed by atoms with E-state index in [-0.39, 0.29) is 55.4 Å². The van der Waals surface area contributed by atoms with Gasteiger partial charge in [0.1, 0.15) is 0 Å². The Morgan fingerprint density at radius 3 is 0.400 bits per heavy atom. The van der Waals surface area contributed by atoms with Gasteiger partial charge in [0.2, 0.25) is 0 Å². The van der Waals surface area contributed by atoms with Crippen molar-refractivity contribution < 1.29 is 55.4 Å². The molecule has 0 heterocycles. The first-order valence-electron chi connectivity index (χ1n) is 0. The molecule has 0 atom stereocenters. The molecule has 0 aliphatic rings. The second-order valence-electron chi connectivity index (χ2n) is 0. The molecule has 5 heteroatoms. The third-order valence-electron chi connectivity index (χ3n) is 0. The molecule has 0 aromatic rings. The van der Waals surface area contributed by atoms with E-state index in [9.17, 15) is 0 Å².